The predicted molar refractivity (Wildman–Crippen MR) is 138 cm³/mol. The van der Waals surface area contributed by atoms with Crippen molar-refractivity contribution in [2.24, 2.45) is 0 Å². The Kier molecular flexibility index (Phi) is 8.70. The van der Waals surface area contributed by atoms with Gasteiger partial charge in [-0.05, 0) is 39.6 Å². The van der Waals surface area contributed by atoms with Gasteiger partial charge in [0, 0.05) is 23.4 Å². The highest BCUT2D eigenvalue weighted by Crippen LogP contribution is 2.38. The molecule has 0 bridgehead atoms. The third-order valence-electron chi connectivity index (χ3n) is 5.21. The zero-order valence-electron chi connectivity index (χ0n) is 19.5. The fourth-order valence-corrected chi connectivity index (χ4v) is 3.74. The molecule has 2 N–H and O–H groups in total. The smallest absolute Gasteiger partial charge is 0.273 e. The summed E-state index contributed by atoms with van der Waals surface area (Å²) >= 11 is 16.0. The summed E-state index contributed by atoms with van der Waals surface area (Å²) in [4.78, 5) is 8.25. The summed E-state index contributed by atoms with van der Waals surface area (Å²) in [6.45, 7) is 4.66. The Balaban J connectivity index is 1.71. The number of nitrogens with one attached hydrogen (secondary N) is 1. The van der Waals surface area contributed by atoms with Gasteiger partial charge in [-0.1, -0.05) is 37.6 Å². The maximum atomic E-state index is 9.59. The van der Waals surface area contributed by atoms with E-state index in [9.17, 15) is 10.5 Å². The quantitative estimate of drug-likeness (QED) is 0.136. The molecule has 0 amide bonds. The van der Waals surface area contributed by atoms with Crippen LogP contribution in [0.3, 0.4) is 0 Å². The molecule has 184 valence electrons. The maximum Gasteiger partial charge on any atom is 0.273 e. The SMILES string of the molecule is CC(C)(c1ccc(OCc2cnc(N[N+](C)(O)S)nc2)cc1)c1cc(Cl)c(OCCCl)c(C#N)c1. The molecule has 0 saturated carbocycles. The minimum Gasteiger partial charge on any atom is -0.489 e. The number of thiol groups is 1. The van der Waals surface area contributed by atoms with Crippen LogP contribution in [0.4, 0.5) is 5.95 Å². The molecule has 0 saturated heterocycles. The molecule has 3 aromatic rings. The molecule has 0 aliphatic carbocycles. The average molecular weight is 535 g/mol. The summed E-state index contributed by atoms with van der Waals surface area (Å²) in [5.41, 5.74) is 5.21. The Labute approximate surface area is 220 Å². The molecule has 0 aliphatic heterocycles. The van der Waals surface area contributed by atoms with Gasteiger partial charge in [0.1, 0.15) is 44.9 Å². The van der Waals surface area contributed by atoms with Gasteiger partial charge in [-0.15, -0.1) is 11.6 Å². The van der Waals surface area contributed by atoms with Gasteiger partial charge in [0.25, 0.3) is 5.95 Å². The molecule has 35 heavy (non-hydrogen) atoms. The van der Waals surface area contributed by atoms with Crippen molar-refractivity contribution in [3.05, 3.63) is 76.1 Å². The maximum absolute atomic E-state index is 9.59. The first-order valence-corrected chi connectivity index (χ1v) is 11.9. The van der Waals surface area contributed by atoms with E-state index in [1.54, 1.807) is 18.5 Å². The molecule has 0 radical (unpaired) electrons. The number of nitrogens with zero attached hydrogens (tertiary/aromatic N) is 4. The molecular formula is C24H26Cl2N5O3S+. The van der Waals surface area contributed by atoms with E-state index in [1.807, 2.05) is 30.3 Å². The fourth-order valence-electron chi connectivity index (χ4n) is 3.30. The average Bonchev–Trinajstić information content (AvgIpc) is 2.81. The van der Waals surface area contributed by atoms with Crippen molar-refractivity contribution in [1.82, 2.24) is 9.97 Å². The van der Waals surface area contributed by atoms with E-state index in [1.165, 1.54) is 7.05 Å². The minimum absolute atomic E-state index is 0.235. The lowest BCUT2D eigenvalue weighted by Crippen LogP contribution is -2.36. The standard InChI is InChI=1S/C24H26Cl2N5O3S/c1-24(2,19-10-17(12-27)22(21(26)11-19)33-9-8-25)18-4-6-20(7-5-18)34-15-16-13-28-23(29-14-16)30-31(3,32)35/h4-7,10-11,13-14,32,35H,8-9,15H2,1-3H3,(H,28,29,30)/q+1. The Hall–Kier alpha value is -2.74. The van der Waals surface area contributed by atoms with E-state index in [0.717, 1.165) is 16.7 Å². The number of hydrogen-bond acceptors (Lipinski definition) is 8. The Morgan fingerprint density at radius 3 is 2.37 bits per heavy atom. The number of anilines is 1. The number of aromatic nitrogens is 2. The second-order valence-electron chi connectivity index (χ2n) is 8.36. The van der Waals surface area contributed by atoms with E-state index in [0.29, 0.717) is 28.0 Å². The molecule has 3 rings (SSSR count). The van der Waals surface area contributed by atoms with Gasteiger partial charge in [-0.25, -0.2) is 9.97 Å². The highest BCUT2D eigenvalue weighted by atomic mass is 35.5. The summed E-state index contributed by atoms with van der Waals surface area (Å²) in [5, 5.41) is 19.5. The van der Waals surface area contributed by atoms with Crippen molar-refractivity contribution >= 4 is 42.0 Å². The van der Waals surface area contributed by atoms with Gasteiger partial charge in [-0.2, -0.15) is 15.9 Å². The molecule has 1 atom stereocenters. The number of alkyl halides is 1. The second-order valence-corrected chi connectivity index (χ2v) is 9.93. The first-order valence-electron chi connectivity index (χ1n) is 10.6. The zero-order valence-corrected chi connectivity index (χ0v) is 21.9. The monoisotopic (exact) mass is 534 g/mol. The van der Waals surface area contributed by atoms with Crippen LogP contribution in [-0.4, -0.2) is 38.9 Å². The van der Waals surface area contributed by atoms with E-state index < -0.39 is 9.58 Å². The molecule has 1 unspecified atom stereocenters. The van der Waals surface area contributed by atoms with Gasteiger partial charge in [0.15, 0.2) is 5.75 Å². The van der Waals surface area contributed by atoms with E-state index >= 15 is 0 Å². The molecule has 0 spiro atoms. The van der Waals surface area contributed by atoms with Crippen LogP contribution >= 0.6 is 36.0 Å². The number of rotatable bonds is 10. The van der Waals surface area contributed by atoms with E-state index in [-0.39, 0.29) is 19.2 Å². The van der Waals surface area contributed by atoms with Crippen LogP contribution < -0.4 is 14.9 Å². The fraction of sp³-hybridized carbons (Fsp3) is 0.292. The number of benzene rings is 2. The summed E-state index contributed by atoms with van der Waals surface area (Å²) in [7, 11) is 1.41. The zero-order chi connectivity index (χ0) is 25.6. The van der Waals surface area contributed by atoms with Gasteiger partial charge in [0.05, 0.1) is 16.5 Å². The van der Waals surface area contributed by atoms with Crippen molar-refractivity contribution in [2.45, 2.75) is 25.9 Å². The molecule has 8 nitrogen and oxygen atoms in total. The summed E-state index contributed by atoms with van der Waals surface area (Å²) < 4.78 is 10.6. The predicted octanol–water partition coefficient (Wildman–Crippen LogP) is 5.53. The third-order valence-corrected chi connectivity index (χ3v) is 5.74. The topological polar surface area (TPSA) is 100 Å². The normalized spacial score (nSPS) is 13.0. The van der Waals surface area contributed by atoms with Gasteiger partial charge in [-0.3, -0.25) is 0 Å². The van der Waals surface area contributed by atoms with E-state index in [2.05, 4.69) is 48.1 Å². The molecule has 1 heterocycles. The highest BCUT2D eigenvalue weighted by molar-refractivity contribution is 7.74. The van der Waals surface area contributed by atoms with Crippen LogP contribution in [0.5, 0.6) is 11.5 Å². The number of hydrogen-bond donors (Lipinski definition) is 3. The van der Waals surface area contributed by atoms with Gasteiger partial charge < -0.3 is 9.47 Å². The highest BCUT2D eigenvalue weighted by Gasteiger charge is 2.26. The molecular weight excluding hydrogens is 509 g/mol. The summed E-state index contributed by atoms with van der Waals surface area (Å²) in [6.07, 6.45) is 3.21. The van der Waals surface area contributed by atoms with Crippen molar-refractivity contribution in [1.29, 1.82) is 5.26 Å². The second kappa shape index (κ2) is 11.3. The molecule has 11 heteroatoms. The van der Waals surface area contributed by atoms with Crippen molar-refractivity contribution in [3.63, 3.8) is 0 Å². The number of halogens is 2. The van der Waals surface area contributed by atoms with Crippen LogP contribution in [0.2, 0.25) is 5.02 Å². The van der Waals surface area contributed by atoms with Crippen LogP contribution in [-0.2, 0) is 12.0 Å². The molecule has 2 aromatic carbocycles. The first-order chi connectivity index (χ1) is 16.5. The lowest BCUT2D eigenvalue weighted by Gasteiger charge is -2.27. The van der Waals surface area contributed by atoms with Crippen LogP contribution in [0, 0.1) is 11.3 Å². The van der Waals surface area contributed by atoms with Crippen LogP contribution in [0.1, 0.15) is 36.1 Å². The number of hydroxylamine groups is 1. The largest absolute Gasteiger partial charge is 0.489 e. The van der Waals surface area contributed by atoms with Crippen molar-refractivity contribution in [3.8, 4) is 17.6 Å². The van der Waals surface area contributed by atoms with Crippen LogP contribution in [0.15, 0.2) is 48.8 Å². The van der Waals surface area contributed by atoms with E-state index in [4.69, 9.17) is 32.7 Å². The lowest BCUT2D eigenvalue weighted by molar-refractivity contribution is -0.955. The minimum atomic E-state index is -0.783. The Morgan fingerprint density at radius 1 is 1.14 bits per heavy atom. The third kappa shape index (κ3) is 7.13. The first kappa shape index (κ1) is 26.9. The van der Waals surface area contributed by atoms with Gasteiger partial charge in [0.2, 0.25) is 0 Å². The number of ether oxygens (including phenoxy) is 2. The molecule has 0 aliphatic rings. The molecule has 1 aromatic heterocycles. The Bertz CT molecular complexity index is 1190. The lowest BCUT2D eigenvalue weighted by atomic mass is 9.77. The molecule has 0 fully saturated rings. The number of nitriles is 1. The van der Waals surface area contributed by atoms with Gasteiger partial charge >= 0.3 is 0 Å². The number of quaternary nitrogens is 1. The summed E-state index contributed by atoms with van der Waals surface area (Å²) in [5.74, 6) is 1.57. The van der Waals surface area contributed by atoms with Crippen molar-refractivity contribution in [2.75, 3.05) is 25.0 Å². The van der Waals surface area contributed by atoms with Crippen LogP contribution in [0.25, 0.3) is 0 Å². The Morgan fingerprint density at radius 2 is 1.80 bits per heavy atom. The summed E-state index contributed by atoms with van der Waals surface area (Å²) in [6, 6.07) is 13.5. The van der Waals surface area contributed by atoms with Crippen molar-refractivity contribution < 1.29 is 18.8 Å².